The van der Waals surface area contributed by atoms with E-state index in [9.17, 15) is 0 Å². The van der Waals surface area contributed by atoms with Crippen LogP contribution >= 0.6 is 11.3 Å². The molecule has 0 atom stereocenters. The molecule has 0 saturated heterocycles. The van der Waals surface area contributed by atoms with Crippen LogP contribution in [0.2, 0.25) is 0 Å². The summed E-state index contributed by atoms with van der Waals surface area (Å²) in [5.41, 5.74) is 10.3. The largest absolute Gasteiger partial charge is 0.456 e. The molecule has 3 heterocycles. The second-order valence-electron chi connectivity index (χ2n) is 13.8. The molecular formula is C49H31N3OS. The molecule has 0 amide bonds. The fraction of sp³-hybridized carbons (Fsp3) is 0.0408. The summed E-state index contributed by atoms with van der Waals surface area (Å²) in [4.78, 5) is 17.5. The molecule has 3 aromatic heterocycles. The summed E-state index contributed by atoms with van der Waals surface area (Å²) in [6, 6.07) is 55.4. The Morgan fingerprint density at radius 1 is 0.481 bits per heavy atom. The Hall–Kier alpha value is -6.69. The first kappa shape index (κ1) is 30.9. The highest BCUT2D eigenvalue weighted by atomic mass is 32.1. The average molecular weight is 710 g/mol. The lowest BCUT2D eigenvalue weighted by molar-refractivity contribution is 0.669. The summed E-state index contributed by atoms with van der Waals surface area (Å²) >= 11 is 1.88. The first-order valence-electron chi connectivity index (χ1n) is 18.3. The number of para-hydroxylation sites is 1. The lowest BCUT2D eigenvalue weighted by Crippen LogP contribution is -2.07. The van der Waals surface area contributed by atoms with Gasteiger partial charge < -0.3 is 4.42 Å². The molecule has 0 unspecified atom stereocenters. The number of fused-ring (bicyclic) bond motifs is 7. The van der Waals surface area contributed by atoms with E-state index >= 15 is 0 Å². The van der Waals surface area contributed by atoms with Gasteiger partial charge in [-0.25, -0.2) is 15.0 Å². The predicted octanol–water partition coefficient (Wildman–Crippen LogP) is 13.2. The molecule has 254 valence electrons. The monoisotopic (exact) mass is 709 g/mol. The summed E-state index contributed by atoms with van der Waals surface area (Å²) in [6.45, 7) is 0. The van der Waals surface area contributed by atoms with Gasteiger partial charge in [-0.3, -0.25) is 0 Å². The van der Waals surface area contributed by atoms with Crippen molar-refractivity contribution in [3.8, 4) is 45.0 Å². The van der Waals surface area contributed by atoms with Gasteiger partial charge in [0.1, 0.15) is 11.2 Å². The van der Waals surface area contributed by atoms with Crippen LogP contribution < -0.4 is 0 Å². The number of hydrogen-bond acceptors (Lipinski definition) is 5. The Bertz CT molecular complexity index is 3100. The molecule has 0 fully saturated rings. The number of benzene rings is 7. The van der Waals surface area contributed by atoms with Gasteiger partial charge in [0.25, 0.3) is 0 Å². The van der Waals surface area contributed by atoms with E-state index in [2.05, 4.69) is 152 Å². The van der Waals surface area contributed by atoms with Gasteiger partial charge in [0.2, 0.25) is 0 Å². The molecule has 7 aromatic carbocycles. The maximum Gasteiger partial charge on any atom is 0.165 e. The van der Waals surface area contributed by atoms with Crippen molar-refractivity contribution in [2.24, 2.45) is 0 Å². The highest BCUT2D eigenvalue weighted by Crippen LogP contribution is 2.45. The Morgan fingerprint density at radius 3 is 2.06 bits per heavy atom. The van der Waals surface area contributed by atoms with Gasteiger partial charge in [0.05, 0.1) is 0 Å². The Kier molecular flexibility index (Phi) is 7.13. The standard InChI is InChI=1S/C49H31N3OS/c1-2-11-30(12-3-1)32-21-24-33(25-22-32)36-27-28-41-45(37-15-6-8-18-40(37)53-41)46(36)49-51-47(35-26-23-31-13-4-5-14-34(31)29-35)50-48(52-49)39-17-10-20-43-44(39)38-16-7-9-19-42(38)54-43/h1-9,11-19,21-29H,10,20H2. The van der Waals surface area contributed by atoms with Crippen molar-refractivity contribution in [1.29, 1.82) is 0 Å². The molecule has 11 rings (SSSR count). The fourth-order valence-electron chi connectivity index (χ4n) is 8.05. The molecule has 0 spiro atoms. The predicted molar refractivity (Wildman–Crippen MR) is 224 cm³/mol. The van der Waals surface area contributed by atoms with Gasteiger partial charge in [-0.15, -0.1) is 11.3 Å². The third kappa shape index (κ3) is 5.08. The van der Waals surface area contributed by atoms with Crippen molar-refractivity contribution in [3.05, 3.63) is 180 Å². The molecule has 1 aliphatic carbocycles. The average Bonchev–Trinajstić information content (AvgIpc) is 3.82. The number of aromatic nitrogens is 3. The van der Waals surface area contributed by atoms with Gasteiger partial charge in [0, 0.05) is 48.0 Å². The van der Waals surface area contributed by atoms with E-state index in [0.717, 1.165) is 68.0 Å². The first-order chi connectivity index (χ1) is 26.7. The number of allylic oxidation sites excluding steroid dienone is 1. The molecule has 54 heavy (non-hydrogen) atoms. The van der Waals surface area contributed by atoms with Gasteiger partial charge in [-0.2, -0.15) is 0 Å². The van der Waals surface area contributed by atoms with Crippen LogP contribution in [0.5, 0.6) is 0 Å². The van der Waals surface area contributed by atoms with Crippen molar-refractivity contribution in [1.82, 2.24) is 15.0 Å². The van der Waals surface area contributed by atoms with E-state index in [-0.39, 0.29) is 0 Å². The second kappa shape index (κ2) is 12.5. The van der Waals surface area contributed by atoms with Crippen molar-refractivity contribution < 1.29 is 4.42 Å². The molecule has 10 aromatic rings. The third-order valence-electron chi connectivity index (χ3n) is 10.6. The first-order valence-corrected chi connectivity index (χ1v) is 19.1. The summed E-state index contributed by atoms with van der Waals surface area (Å²) in [5.74, 6) is 1.95. The summed E-state index contributed by atoms with van der Waals surface area (Å²) < 4.78 is 7.78. The fourth-order valence-corrected chi connectivity index (χ4v) is 9.28. The van der Waals surface area contributed by atoms with Crippen LogP contribution in [0, 0.1) is 0 Å². The molecule has 0 radical (unpaired) electrons. The Morgan fingerprint density at radius 2 is 1.17 bits per heavy atom. The molecule has 5 heteroatoms. The van der Waals surface area contributed by atoms with E-state index in [0.29, 0.717) is 17.5 Å². The van der Waals surface area contributed by atoms with Gasteiger partial charge in [0.15, 0.2) is 17.5 Å². The van der Waals surface area contributed by atoms with Crippen molar-refractivity contribution in [2.45, 2.75) is 12.8 Å². The van der Waals surface area contributed by atoms with Crippen molar-refractivity contribution >= 4 is 59.7 Å². The third-order valence-corrected chi connectivity index (χ3v) is 11.8. The number of nitrogens with zero attached hydrogens (tertiary/aromatic N) is 3. The zero-order chi connectivity index (χ0) is 35.6. The van der Waals surface area contributed by atoms with Gasteiger partial charge in [-0.05, 0) is 76.2 Å². The van der Waals surface area contributed by atoms with E-state index in [1.165, 1.54) is 37.0 Å². The van der Waals surface area contributed by atoms with E-state index in [1.807, 2.05) is 23.5 Å². The molecule has 0 saturated carbocycles. The lowest BCUT2D eigenvalue weighted by atomic mass is 9.92. The van der Waals surface area contributed by atoms with Crippen molar-refractivity contribution in [3.63, 3.8) is 0 Å². The smallest absolute Gasteiger partial charge is 0.165 e. The zero-order valence-electron chi connectivity index (χ0n) is 29.2. The minimum atomic E-state index is 0.620. The van der Waals surface area contributed by atoms with Crippen LogP contribution in [0.4, 0.5) is 0 Å². The van der Waals surface area contributed by atoms with E-state index in [1.54, 1.807) is 0 Å². The number of hydrogen-bond donors (Lipinski definition) is 0. The SMILES string of the molecule is C1=C(c2nc(-c3ccc4ccccc4c3)nc(-c3c(-c4ccc(-c5ccccc5)cc4)ccc4oc5ccccc5c34)n2)c2c(sc3ccccc23)CC1. The van der Waals surface area contributed by atoms with Crippen LogP contribution in [0.15, 0.2) is 168 Å². The minimum Gasteiger partial charge on any atom is -0.456 e. The minimum absolute atomic E-state index is 0.620. The summed E-state index contributed by atoms with van der Waals surface area (Å²) in [5, 5.41) is 5.60. The summed E-state index contributed by atoms with van der Waals surface area (Å²) in [7, 11) is 0. The van der Waals surface area contributed by atoms with Crippen LogP contribution in [0.3, 0.4) is 0 Å². The Balaban J connectivity index is 1.19. The normalized spacial score (nSPS) is 12.8. The highest BCUT2D eigenvalue weighted by molar-refractivity contribution is 7.19. The van der Waals surface area contributed by atoms with Crippen LogP contribution in [-0.2, 0) is 6.42 Å². The highest BCUT2D eigenvalue weighted by Gasteiger charge is 2.26. The van der Waals surface area contributed by atoms with Crippen LogP contribution in [0.25, 0.3) is 93.4 Å². The number of furan rings is 1. The quantitative estimate of drug-likeness (QED) is 0.178. The maximum absolute atomic E-state index is 6.50. The molecule has 1 aliphatic rings. The van der Waals surface area contributed by atoms with E-state index < -0.39 is 0 Å². The van der Waals surface area contributed by atoms with E-state index in [4.69, 9.17) is 19.4 Å². The molecule has 0 bridgehead atoms. The number of thiophene rings is 1. The van der Waals surface area contributed by atoms with Gasteiger partial charge >= 0.3 is 0 Å². The summed E-state index contributed by atoms with van der Waals surface area (Å²) in [6.07, 6.45) is 4.27. The van der Waals surface area contributed by atoms with Gasteiger partial charge in [-0.1, -0.05) is 133 Å². The number of rotatable bonds is 5. The molecule has 0 N–H and O–H groups in total. The van der Waals surface area contributed by atoms with Crippen LogP contribution in [0.1, 0.15) is 22.7 Å². The zero-order valence-corrected chi connectivity index (χ0v) is 30.0. The molecule has 4 nitrogen and oxygen atoms in total. The molecule has 0 aliphatic heterocycles. The lowest BCUT2D eigenvalue weighted by Gasteiger charge is -2.17. The topological polar surface area (TPSA) is 51.8 Å². The second-order valence-corrected chi connectivity index (χ2v) is 15.0. The Labute approximate surface area is 315 Å². The number of aryl methyl sites for hydroxylation is 1. The molecular weight excluding hydrogens is 679 g/mol. The maximum atomic E-state index is 6.50. The van der Waals surface area contributed by atoms with Crippen LogP contribution in [-0.4, -0.2) is 15.0 Å². The van der Waals surface area contributed by atoms with Crippen molar-refractivity contribution in [2.75, 3.05) is 0 Å².